The average Bonchev–Trinajstić information content (AvgIpc) is 2.82. The first-order valence-corrected chi connectivity index (χ1v) is 10.2. The zero-order valence-electron chi connectivity index (χ0n) is 14.9. The number of aromatic nitrogens is 2. The molecule has 3 saturated heterocycles. The minimum atomic E-state index is -3.47. The Morgan fingerprint density at radius 3 is 2.73 bits per heavy atom. The Labute approximate surface area is 153 Å². The average molecular weight is 377 g/mol. The molecule has 2 bridgehead atoms. The van der Waals surface area contributed by atoms with Gasteiger partial charge in [-0.15, -0.1) is 0 Å². The van der Waals surface area contributed by atoms with Gasteiger partial charge in [-0.2, -0.15) is 17.0 Å². The van der Waals surface area contributed by atoms with Crippen LogP contribution in [0, 0.1) is 5.92 Å². The van der Waals surface area contributed by atoms with Crippen LogP contribution in [0.4, 0.5) is 0 Å². The van der Waals surface area contributed by atoms with Crippen molar-refractivity contribution in [2.24, 2.45) is 5.92 Å². The third-order valence-corrected chi connectivity index (χ3v) is 7.19. The third-order valence-electron chi connectivity index (χ3n) is 5.31. The minimum absolute atomic E-state index is 0.110. The van der Waals surface area contributed by atoms with Crippen molar-refractivity contribution in [3.63, 3.8) is 0 Å². The molecule has 5 heterocycles. The lowest BCUT2D eigenvalue weighted by Crippen LogP contribution is -2.48. The van der Waals surface area contributed by atoms with Crippen molar-refractivity contribution in [2.75, 3.05) is 33.7 Å². The molecular weight excluding hydrogens is 354 g/mol. The molecule has 5 rings (SSSR count). The van der Waals surface area contributed by atoms with Crippen molar-refractivity contribution in [3.8, 4) is 0 Å². The van der Waals surface area contributed by atoms with E-state index in [1.165, 1.54) is 8.61 Å². The highest BCUT2D eigenvalue weighted by molar-refractivity contribution is 7.86. The van der Waals surface area contributed by atoms with Gasteiger partial charge in [-0.1, -0.05) is 6.07 Å². The molecule has 2 aromatic rings. The zero-order valence-corrected chi connectivity index (χ0v) is 15.8. The van der Waals surface area contributed by atoms with E-state index in [1.807, 2.05) is 33.7 Å². The van der Waals surface area contributed by atoms with E-state index in [0.29, 0.717) is 25.3 Å². The molecule has 2 aromatic heterocycles. The van der Waals surface area contributed by atoms with Gasteiger partial charge in [-0.05, 0) is 30.9 Å². The number of hydrogen-bond donors (Lipinski definition) is 0. The van der Waals surface area contributed by atoms with E-state index in [-0.39, 0.29) is 17.9 Å². The monoisotopic (exact) mass is 377 g/mol. The van der Waals surface area contributed by atoms with Crippen molar-refractivity contribution in [2.45, 2.75) is 18.9 Å². The predicted octanol–water partition coefficient (Wildman–Crippen LogP) is 0.677. The highest BCUT2D eigenvalue weighted by Crippen LogP contribution is 2.30. The molecule has 140 valence electrons. The van der Waals surface area contributed by atoms with Crippen molar-refractivity contribution >= 4 is 21.8 Å². The molecular formula is C17H23N5O3S. The zero-order chi connectivity index (χ0) is 18.5. The fourth-order valence-electron chi connectivity index (χ4n) is 3.89. The van der Waals surface area contributed by atoms with Gasteiger partial charge in [-0.3, -0.25) is 4.79 Å². The van der Waals surface area contributed by atoms with Gasteiger partial charge in [0.25, 0.3) is 16.1 Å². The van der Waals surface area contributed by atoms with Gasteiger partial charge in [0, 0.05) is 52.2 Å². The summed E-state index contributed by atoms with van der Waals surface area (Å²) in [5.41, 5.74) is 1.14. The van der Waals surface area contributed by atoms with Gasteiger partial charge in [-0.25, -0.2) is 4.98 Å². The maximum Gasteiger partial charge on any atom is 0.281 e. The van der Waals surface area contributed by atoms with Crippen LogP contribution in [0.2, 0.25) is 0 Å². The highest BCUT2D eigenvalue weighted by Gasteiger charge is 2.41. The summed E-state index contributed by atoms with van der Waals surface area (Å²) in [5, 5.41) is 0. The molecule has 3 aliphatic rings. The van der Waals surface area contributed by atoms with Crippen LogP contribution in [0.3, 0.4) is 0 Å². The Kier molecular flexibility index (Phi) is 4.25. The topological polar surface area (TPSA) is 78.2 Å². The first kappa shape index (κ1) is 17.4. The third kappa shape index (κ3) is 2.89. The Balaban J connectivity index is 1.61. The summed E-state index contributed by atoms with van der Waals surface area (Å²) in [6, 6.07) is 5.52. The van der Waals surface area contributed by atoms with Crippen LogP contribution < -0.4 is 0 Å². The second-order valence-electron chi connectivity index (χ2n) is 7.25. The summed E-state index contributed by atoms with van der Waals surface area (Å²) in [7, 11) is -0.388. The molecule has 0 saturated carbocycles. The first-order chi connectivity index (χ1) is 12.4. The van der Waals surface area contributed by atoms with E-state index in [1.54, 1.807) is 20.3 Å². The Bertz CT molecular complexity index is 906. The Morgan fingerprint density at radius 1 is 1.19 bits per heavy atom. The smallest absolute Gasteiger partial charge is 0.281 e. The van der Waals surface area contributed by atoms with Gasteiger partial charge in [0.2, 0.25) is 0 Å². The summed E-state index contributed by atoms with van der Waals surface area (Å²) in [5.74, 6) is 0.0388. The van der Waals surface area contributed by atoms with Crippen molar-refractivity contribution in [1.29, 1.82) is 0 Å². The van der Waals surface area contributed by atoms with Crippen LogP contribution in [0.25, 0.3) is 5.65 Å². The lowest BCUT2D eigenvalue weighted by atomic mass is 9.95. The van der Waals surface area contributed by atoms with Crippen molar-refractivity contribution in [1.82, 2.24) is 22.9 Å². The van der Waals surface area contributed by atoms with Gasteiger partial charge in [0.05, 0.1) is 0 Å². The molecule has 0 spiro atoms. The molecule has 1 amide bonds. The Hall–Kier alpha value is -1.97. The molecule has 2 atom stereocenters. The lowest BCUT2D eigenvalue weighted by Gasteiger charge is -2.35. The quantitative estimate of drug-likeness (QED) is 0.788. The predicted molar refractivity (Wildman–Crippen MR) is 96.9 cm³/mol. The lowest BCUT2D eigenvalue weighted by molar-refractivity contribution is 0.0583. The molecule has 0 unspecified atom stereocenters. The number of rotatable bonds is 3. The van der Waals surface area contributed by atoms with Gasteiger partial charge in [0.15, 0.2) is 0 Å². The second kappa shape index (κ2) is 6.33. The van der Waals surface area contributed by atoms with Crippen molar-refractivity contribution < 1.29 is 13.2 Å². The van der Waals surface area contributed by atoms with Gasteiger partial charge in [0.1, 0.15) is 11.3 Å². The molecule has 26 heavy (non-hydrogen) atoms. The van der Waals surface area contributed by atoms with Crippen LogP contribution in [-0.4, -0.2) is 77.0 Å². The van der Waals surface area contributed by atoms with Crippen molar-refractivity contribution in [3.05, 3.63) is 36.3 Å². The number of imidazole rings is 1. The second-order valence-corrected chi connectivity index (χ2v) is 9.40. The summed E-state index contributed by atoms with van der Waals surface area (Å²) in [4.78, 5) is 19.3. The fourth-order valence-corrected chi connectivity index (χ4v) is 5.11. The normalized spacial score (nSPS) is 24.3. The molecule has 3 aliphatic heterocycles. The standard InChI is InChI=1S/C17H23N5O3S/c1-19(2)26(24,25)21-9-13-6-7-14(11-21)22(10-13)17(23)15-12-20-8-4-3-5-16(20)18-15/h3-5,8,12-14H,6-7,9-11H2,1-2H3/t13-,14+/m1/s1. The fraction of sp³-hybridized carbons (Fsp3) is 0.529. The number of carbonyl (C=O) groups excluding carboxylic acids is 1. The molecule has 3 fully saturated rings. The van der Waals surface area contributed by atoms with Crippen LogP contribution in [0.5, 0.6) is 0 Å². The van der Waals surface area contributed by atoms with E-state index in [0.717, 1.165) is 18.5 Å². The van der Waals surface area contributed by atoms with Crippen LogP contribution >= 0.6 is 0 Å². The first-order valence-electron chi connectivity index (χ1n) is 8.78. The van der Waals surface area contributed by atoms with E-state index in [4.69, 9.17) is 0 Å². The molecule has 0 N–H and O–H groups in total. The molecule has 0 aliphatic carbocycles. The summed E-state index contributed by atoms with van der Waals surface area (Å²) in [6.07, 6.45) is 5.37. The summed E-state index contributed by atoms with van der Waals surface area (Å²) >= 11 is 0. The van der Waals surface area contributed by atoms with Gasteiger partial charge >= 0.3 is 0 Å². The highest BCUT2D eigenvalue weighted by atomic mass is 32.2. The maximum absolute atomic E-state index is 13.1. The largest absolute Gasteiger partial charge is 0.333 e. The minimum Gasteiger partial charge on any atom is -0.333 e. The number of piperidine rings is 1. The number of fused-ring (bicyclic) bond motifs is 5. The van der Waals surface area contributed by atoms with E-state index < -0.39 is 10.2 Å². The molecule has 8 nitrogen and oxygen atoms in total. The van der Waals surface area contributed by atoms with E-state index in [9.17, 15) is 13.2 Å². The van der Waals surface area contributed by atoms with Crippen LogP contribution in [0.1, 0.15) is 23.3 Å². The van der Waals surface area contributed by atoms with Gasteiger partial charge < -0.3 is 9.30 Å². The SMILES string of the molecule is CN(C)S(=O)(=O)N1C[C@H]2CC[C@@H](C1)N(C(=O)c1cn3ccccc3n1)C2. The number of nitrogens with zero attached hydrogens (tertiary/aromatic N) is 5. The van der Waals surface area contributed by atoms with Crippen LogP contribution in [0.15, 0.2) is 30.6 Å². The summed E-state index contributed by atoms with van der Waals surface area (Å²) in [6.45, 7) is 1.39. The van der Waals surface area contributed by atoms with E-state index >= 15 is 0 Å². The number of hydrogen-bond acceptors (Lipinski definition) is 4. The Morgan fingerprint density at radius 2 is 2.00 bits per heavy atom. The number of amides is 1. The maximum atomic E-state index is 13.1. The summed E-state index contributed by atoms with van der Waals surface area (Å²) < 4.78 is 29.7. The number of carbonyl (C=O) groups is 1. The number of pyridine rings is 1. The van der Waals surface area contributed by atoms with E-state index in [2.05, 4.69) is 4.98 Å². The molecule has 9 heteroatoms. The molecule has 0 aromatic carbocycles. The molecule has 0 radical (unpaired) electrons. The van der Waals surface area contributed by atoms with Crippen LogP contribution in [-0.2, 0) is 10.2 Å².